The molecule has 2 aliphatic heterocycles. The molecular formula is C25H35N5O. The van der Waals surface area contributed by atoms with Gasteiger partial charge < -0.3 is 24.8 Å². The molecule has 2 fully saturated rings. The second-order valence-electron chi connectivity index (χ2n) is 8.28. The molecule has 31 heavy (non-hydrogen) atoms. The number of hydrogen-bond donors (Lipinski definition) is 1. The molecule has 6 heteroatoms. The SMILES string of the molecule is CCNC(=NCC1CCN(c2ccccc2)C1)N1CCN(c2ccccc2OC)CC1. The number of para-hydroxylation sites is 3. The Bertz CT molecular complexity index is 848. The topological polar surface area (TPSA) is 43.3 Å². The van der Waals surface area contributed by atoms with E-state index in [2.05, 4.69) is 69.4 Å². The summed E-state index contributed by atoms with van der Waals surface area (Å²) < 4.78 is 5.55. The minimum absolute atomic E-state index is 0.615. The molecule has 2 heterocycles. The molecule has 2 saturated heterocycles. The molecule has 2 aliphatic rings. The van der Waals surface area contributed by atoms with Gasteiger partial charge in [0.25, 0.3) is 0 Å². The third-order valence-corrected chi connectivity index (χ3v) is 6.25. The highest BCUT2D eigenvalue weighted by Gasteiger charge is 2.24. The van der Waals surface area contributed by atoms with Crippen molar-refractivity contribution >= 4 is 17.3 Å². The number of rotatable bonds is 6. The lowest BCUT2D eigenvalue weighted by atomic mass is 10.1. The summed E-state index contributed by atoms with van der Waals surface area (Å²) in [5, 5.41) is 3.52. The third kappa shape index (κ3) is 5.24. The number of guanidine groups is 1. The summed E-state index contributed by atoms with van der Waals surface area (Å²) in [4.78, 5) is 12.3. The van der Waals surface area contributed by atoms with Crippen LogP contribution in [0.1, 0.15) is 13.3 Å². The van der Waals surface area contributed by atoms with Crippen molar-refractivity contribution in [2.75, 3.05) is 69.3 Å². The van der Waals surface area contributed by atoms with Gasteiger partial charge in [-0.15, -0.1) is 0 Å². The summed E-state index contributed by atoms with van der Waals surface area (Å²) in [6.45, 7) is 10.0. The Labute approximate surface area is 186 Å². The van der Waals surface area contributed by atoms with Crippen LogP contribution in [0.4, 0.5) is 11.4 Å². The molecular weight excluding hydrogens is 386 g/mol. The molecule has 1 atom stereocenters. The van der Waals surface area contributed by atoms with Crippen LogP contribution in [0.5, 0.6) is 5.75 Å². The fourth-order valence-corrected chi connectivity index (χ4v) is 4.55. The lowest BCUT2D eigenvalue weighted by Crippen LogP contribution is -2.52. The van der Waals surface area contributed by atoms with Crippen molar-refractivity contribution in [3.63, 3.8) is 0 Å². The molecule has 6 nitrogen and oxygen atoms in total. The number of piperazine rings is 1. The van der Waals surface area contributed by atoms with Crippen molar-refractivity contribution in [2.24, 2.45) is 10.9 Å². The summed E-state index contributed by atoms with van der Waals surface area (Å²) >= 11 is 0. The predicted octanol–water partition coefficient (Wildman–Crippen LogP) is 3.31. The molecule has 0 aliphatic carbocycles. The first-order valence-electron chi connectivity index (χ1n) is 11.5. The third-order valence-electron chi connectivity index (χ3n) is 6.25. The molecule has 2 aromatic rings. The Morgan fingerprint density at radius 2 is 1.71 bits per heavy atom. The van der Waals surface area contributed by atoms with Gasteiger partial charge in [0, 0.05) is 58.0 Å². The lowest BCUT2D eigenvalue weighted by molar-refractivity contribution is 0.366. The first kappa shape index (κ1) is 21.3. The number of aliphatic imine (C=N–C) groups is 1. The highest BCUT2D eigenvalue weighted by Crippen LogP contribution is 2.28. The van der Waals surface area contributed by atoms with E-state index >= 15 is 0 Å². The smallest absolute Gasteiger partial charge is 0.194 e. The zero-order chi connectivity index (χ0) is 21.5. The Balaban J connectivity index is 1.33. The van der Waals surface area contributed by atoms with Crippen molar-refractivity contribution in [1.29, 1.82) is 0 Å². The molecule has 0 amide bonds. The van der Waals surface area contributed by atoms with E-state index in [1.807, 2.05) is 12.1 Å². The summed E-state index contributed by atoms with van der Waals surface area (Å²) in [5.41, 5.74) is 2.51. The number of anilines is 2. The maximum Gasteiger partial charge on any atom is 0.194 e. The molecule has 0 saturated carbocycles. The normalized spacial score (nSPS) is 19.6. The Morgan fingerprint density at radius 1 is 0.968 bits per heavy atom. The van der Waals surface area contributed by atoms with Crippen LogP contribution in [-0.2, 0) is 0 Å². The lowest BCUT2D eigenvalue weighted by Gasteiger charge is -2.38. The van der Waals surface area contributed by atoms with Gasteiger partial charge in [0.1, 0.15) is 5.75 Å². The molecule has 1 N–H and O–H groups in total. The Morgan fingerprint density at radius 3 is 2.45 bits per heavy atom. The number of nitrogens with one attached hydrogen (secondary N) is 1. The highest BCUT2D eigenvalue weighted by molar-refractivity contribution is 5.80. The average Bonchev–Trinajstić information content (AvgIpc) is 3.31. The van der Waals surface area contributed by atoms with Gasteiger partial charge in [-0.3, -0.25) is 4.99 Å². The van der Waals surface area contributed by atoms with Crippen molar-refractivity contribution in [2.45, 2.75) is 13.3 Å². The zero-order valence-corrected chi connectivity index (χ0v) is 18.8. The molecule has 2 aromatic carbocycles. The maximum atomic E-state index is 5.55. The number of benzene rings is 2. The van der Waals surface area contributed by atoms with Crippen LogP contribution in [0.3, 0.4) is 0 Å². The molecule has 0 radical (unpaired) electrons. The standard InChI is InChI=1S/C25H35N5O/c1-3-26-25(27-19-21-13-14-30(20-21)22-9-5-4-6-10-22)29-17-15-28(16-18-29)23-11-7-8-12-24(23)31-2/h4-12,21H,3,13-20H2,1-2H3,(H,26,27). The number of hydrogen-bond acceptors (Lipinski definition) is 4. The monoisotopic (exact) mass is 421 g/mol. The van der Waals surface area contributed by atoms with E-state index in [9.17, 15) is 0 Å². The summed E-state index contributed by atoms with van der Waals surface area (Å²) in [6, 6.07) is 19.0. The van der Waals surface area contributed by atoms with Crippen LogP contribution in [0.2, 0.25) is 0 Å². The van der Waals surface area contributed by atoms with Gasteiger partial charge in [0.15, 0.2) is 5.96 Å². The minimum Gasteiger partial charge on any atom is -0.495 e. The van der Waals surface area contributed by atoms with Crippen molar-refractivity contribution in [3.8, 4) is 5.75 Å². The van der Waals surface area contributed by atoms with Gasteiger partial charge in [0.2, 0.25) is 0 Å². The molecule has 1 unspecified atom stereocenters. The van der Waals surface area contributed by atoms with E-state index in [1.54, 1.807) is 7.11 Å². The van der Waals surface area contributed by atoms with E-state index in [0.717, 1.165) is 64.1 Å². The van der Waals surface area contributed by atoms with Crippen molar-refractivity contribution in [3.05, 3.63) is 54.6 Å². The molecule has 0 spiro atoms. The van der Waals surface area contributed by atoms with Crippen molar-refractivity contribution < 1.29 is 4.74 Å². The number of nitrogens with zero attached hydrogens (tertiary/aromatic N) is 4. The van der Waals surface area contributed by atoms with Crippen LogP contribution in [0.15, 0.2) is 59.6 Å². The van der Waals surface area contributed by atoms with E-state index in [1.165, 1.54) is 17.8 Å². The van der Waals surface area contributed by atoms with Gasteiger partial charge >= 0.3 is 0 Å². The summed E-state index contributed by atoms with van der Waals surface area (Å²) in [7, 11) is 1.74. The minimum atomic E-state index is 0.615. The summed E-state index contributed by atoms with van der Waals surface area (Å²) in [6.07, 6.45) is 1.21. The summed E-state index contributed by atoms with van der Waals surface area (Å²) in [5.74, 6) is 2.62. The van der Waals surface area contributed by atoms with E-state index in [-0.39, 0.29) is 0 Å². The molecule has 4 rings (SSSR count). The second kappa shape index (κ2) is 10.4. The second-order valence-corrected chi connectivity index (χ2v) is 8.28. The molecule has 0 bridgehead atoms. The van der Waals surface area contributed by atoms with E-state index < -0.39 is 0 Å². The fourth-order valence-electron chi connectivity index (χ4n) is 4.55. The average molecular weight is 422 g/mol. The van der Waals surface area contributed by atoms with Crippen molar-refractivity contribution in [1.82, 2.24) is 10.2 Å². The van der Waals surface area contributed by atoms with Crippen LogP contribution >= 0.6 is 0 Å². The number of methoxy groups -OCH3 is 1. The first-order chi connectivity index (χ1) is 15.3. The van der Waals surface area contributed by atoms with Gasteiger partial charge in [-0.2, -0.15) is 0 Å². The van der Waals surface area contributed by atoms with Crippen LogP contribution in [-0.4, -0.2) is 70.3 Å². The highest BCUT2D eigenvalue weighted by atomic mass is 16.5. The van der Waals surface area contributed by atoms with E-state index in [0.29, 0.717) is 5.92 Å². The Kier molecular flexibility index (Phi) is 7.18. The Hall–Kier alpha value is -2.89. The number of ether oxygens (including phenoxy) is 1. The quantitative estimate of drug-likeness (QED) is 0.573. The van der Waals surface area contributed by atoms with Gasteiger partial charge in [-0.1, -0.05) is 30.3 Å². The molecule has 166 valence electrons. The van der Waals surface area contributed by atoms with Gasteiger partial charge in [0.05, 0.1) is 12.8 Å². The van der Waals surface area contributed by atoms with Gasteiger partial charge in [-0.25, -0.2) is 0 Å². The van der Waals surface area contributed by atoms with Crippen LogP contribution in [0.25, 0.3) is 0 Å². The largest absolute Gasteiger partial charge is 0.495 e. The maximum absolute atomic E-state index is 5.55. The molecule has 0 aromatic heterocycles. The van der Waals surface area contributed by atoms with Crippen LogP contribution in [0, 0.1) is 5.92 Å². The predicted molar refractivity (Wildman–Crippen MR) is 130 cm³/mol. The first-order valence-corrected chi connectivity index (χ1v) is 11.5. The fraction of sp³-hybridized carbons (Fsp3) is 0.480. The zero-order valence-electron chi connectivity index (χ0n) is 18.8. The van der Waals surface area contributed by atoms with Gasteiger partial charge in [-0.05, 0) is 43.5 Å². The van der Waals surface area contributed by atoms with E-state index in [4.69, 9.17) is 9.73 Å². The van der Waals surface area contributed by atoms with Crippen LogP contribution < -0.4 is 19.9 Å².